The van der Waals surface area contributed by atoms with Crippen LogP contribution in [0.5, 0.6) is 0 Å². The maximum absolute atomic E-state index is 13.0. The minimum Gasteiger partial charge on any atom is -0.296 e. The van der Waals surface area contributed by atoms with Crippen molar-refractivity contribution in [2.45, 2.75) is 23.2 Å². The predicted molar refractivity (Wildman–Crippen MR) is 117 cm³/mol. The Bertz CT molecular complexity index is 1240. The summed E-state index contributed by atoms with van der Waals surface area (Å²) in [6.45, 7) is 1.61. The Morgan fingerprint density at radius 2 is 1.91 bits per heavy atom. The van der Waals surface area contributed by atoms with Crippen molar-refractivity contribution in [3.63, 3.8) is 0 Å². The summed E-state index contributed by atoms with van der Waals surface area (Å²) < 4.78 is 41.0. The lowest BCUT2D eigenvalue weighted by atomic mass is 10.2. The van der Waals surface area contributed by atoms with E-state index in [9.17, 15) is 18.0 Å². The average molecular weight is 476 g/mol. The monoisotopic (exact) mass is 475 g/mol. The first-order valence-electron chi connectivity index (χ1n) is 9.35. The van der Waals surface area contributed by atoms with E-state index in [0.29, 0.717) is 15.2 Å². The van der Waals surface area contributed by atoms with E-state index in [-0.39, 0.29) is 11.3 Å². The summed E-state index contributed by atoms with van der Waals surface area (Å²) in [5.41, 5.74) is 1.22. The lowest BCUT2D eigenvalue weighted by molar-refractivity contribution is -0.137. The molecule has 1 N–H and O–H groups in total. The van der Waals surface area contributed by atoms with Crippen LogP contribution in [0.4, 0.5) is 18.3 Å². The smallest absolute Gasteiger partial charge is 0.296 e. The summed E-state index contributed by atoms with van der Waals surface area (Å²) in [7, 11) is 0. The summed E-state index contributed by atoms with van der Waals surface area (Å²) in [6, 6.07) is 14.7. The SMILES string of the molecule is Cc1c(C(=O)Nc2nnc(SCc3ccccc3)s2)cnn1-c1cccc(C(F)(F)F)c1. The number of halogens is 3. The van der Waals surface area contributed by atoms with Crippen LogP contribution in [-0.2, 0) is 11.9 Å². The molecule has 0 aliphatic carbocycles. The second-order valence-corrected chi connectivity index (χ2v) is 8.91. The van der Waals surface area contributed by atoms with E-state index in [2.05, 4.69) is 20.6 Å². The first-order valence-corrected chi connectivity index (χ1v) is 11.2. The molecule has 4 aromatic rings. The molecule has 2 aromatic carbocycles. The molecule has 6 nitrogen and oxygen atoms in total. The van der Waals surface area contributed by atoms with Crippen LogP contribution >= 0.6 is 23.1 Å². The quantitative estimate of drug-likeness (QED) is 0.291. The molecule has 0 unspecified atom stereocenters. The fraction of sp³-hybridized carbons (Fsp3) is 0.143. The summed E-state index contributed by atoms with van der Waals surface area (Å²) in [4.78, 5) is 12.7. The zero-order valence-electron chi connectivity index (χ0n) is 16.6. The average Bonchev–Trinajstić information content (AvgIpc) is 3.38. The van der Waals surface area contributed by atoms with E-state index >= 15 is 0 Å². The van der Waals surface area contributed by atoms with Gasteiger partial charge in [-0.15, -0.1) is 10.2 Å². The summed E-state index contributed by atoms with van der Waals surface area (Å²) >= 11 is 2.76. The minimum absolute atomic E-state index is 0.215. The van der Waals surface area contributed by atoms with E-state index in [4.69, 9.17) is 0 Å². The van der Waals surface area contributed by atoms with E-state index in [1.807, 2.05) is 30.3 Å². The van der Waals surface area contributed by atoms with Gasteiger partial charge in [0.1, 0.15) is 0 Å². The molecule has 1 amide bonds. The third kappa shape index (κ3) is 5.00. The van der Waals surface area contributed by atoms with Gasteiger partial charge in [-0.2, -0.15) is 18.3 Å². The number of anilines is 1. The Morgan fingerprint density at radius 1 is 1.12 bits per heavy atom. The van der Waals surface area contributed by atoms with Crippen molar-refractivity contribution >= 4 is 34.1 Å². The number of carbonyl (C=O) groups is 1. The van der Waals surface area contributed by atoms with Gasteiger partial charge in [-0.1, -0.05) is 59.5 Å². The number of aromatic nitrogens is 4. The van der Waals surface area contributed by atoms with E-state index in [1.165, 1.54) is 46.1 Å². The van der Waals surface area contributed by atoms with Gasteiger partial charge in [-0.25, -0.2) is 4.68 Å². The Balaban J connectivity index is 1.45. The fourth-order valence-electron chi connectivity index (χ4n) is 2.91. The van der Waals surface area contributed by atoms with E-state index in [1.54, 1.807) is 6.92 Å². The second-order valence-electron chi connectivity index (χ2n) is 6.71. The van der Waals surface area contributed by atoms with Crippen molar-refractivity contribution in [3.05, 3.63) is 83.2 Å². The standard InChI is InChI=1S/C21H16F3N5OS2/c1-13-17(11-25-29(13)16-9-5-8-15(10-16)21(22,23)24)18(30)26-19-27-28-20(32-19)31-12-14-6-3-2-4-7-14/h2-11H,12H2,1H3,(H,26,27,30). The van der Waals surface area contributed by atoms with Crippen LogP contribution in [-0.4, -0.2) is 25.9 Å². The normalized spacial score (nSPS) is 11.5. The maximum atomic E-state index is 13.0. The topological polar surface area (TPSA) is 72.7 Å². The van der Waals surface area contributed by atoms with Gasteiger partial charge in [0, 0.05) is 5.75 Å². The molecule has 0 aliphatic rings. The number of carbonyl (C=O) groups excluding carboxylic acids is 1. The number of hydrogen-bond donors (Lipinski definition) is 1. The van der Waals surface area contributed by atoms with Crippen molar-refractivity contribution in [1.82, 2.24) is 20.0 Å². The summed E-state index contributed by atoms with van der Waals surface area (Å²) in [6.07, 6.45) is -3.15. The second kappa shape index (κ2) is 9.13. The van der Waals surface area contributed by atoms with Gasteiger partial charge in [0.25, 0.3) is 5.91 Å². The van der Waals surface area contributed by atoms with Gasteiger partial charge in [-0.3, -0.25) is 10.1 Å². The zero-order chi connectivity index (χ0) is 22.7. The molecule has 0 radical (unpaired) electrons. The molecule has 0 saturated carbocycles. The molecule has 11 heteroatoms. The predicted octanol–water partition coefficient (Wildman–Crippen LogP) is 5.60. The van der Waals surface area contributed by atoms with Crippen molar-refractivity contribution in [2.24, 2.45) is 0 Å². The lowest BCUT2D eigenvalue weighted by Crippen LogP contribution is -2.13. The molecule has 0 fully saturated rings. The highest BCUT2D eigenvalue weighted by molar-refractivity contribution is 8.00. The molecule has 2 aromatic heterocycles. The van der Waals surface area contributed by atoms with Gasteiger partial charge in [0.05, 0.1) is 28.7 Å². The van der Waals surface area contributed by atoms with Crippen molar-refractivity contribution in [3.8, 4) is 5.69 Å². The Hall–Kier alpha value is -3.18. The zero-order valence-corrected chi connectivity index (χ0v) is 18.3. The fourth-order valence-corrected chi connectivity index (χ4v) is 4.61. The molecule has 32 heavy (non-hydrogen) atoms. The van der Waals surface area contributed by atoms with E-state index in [0.717, 1.165) is 23.4 Å². The molecule has 164 valence electrons. The number of hydrogen-bond acceptors (Lipinski definition) is 6. The molecule has 0 aliphatic heterocycles. The van der Waals surface area contributed by atoms with Gasteiger partial charge < -0.3 is 0 Å². The van der Waals surface area contributed by atoms with Crippen LogP contribution in [0.2, 0.25) is 0 Å². The molecule has 0 atom stereocenters. The number of nitrogens with zero attached hydrogens (tertiary/aromatic N) is 4. The number of thioether (sulfide) groups is 1. The first-order chi connectivity index (χ1) is 15.3. The van der Waals surface area contributed by atoms with Crippen LogP contribution in [0.25, 0.3) is 5.69 Å². The van der Waals surface area contributed by atoms with Crippen LogP contribution in [0.15, 0.2) is 65.1 Å². The molecule has 0 bridgehead atoms. The van der Waals surface area contributed by atoms with Gasteiger partial charge in [0.2, 0.25) is 5.13 Å². The minimum atomic E-state index is -4.47. The summed E-state index contributed by atoms with van der Waals surface area (Å²) in [5, 5.41) is 15.2. The number of nitrogens with one attached hydrogen (secondary N) is 1. The highest BCUT2D eigenvalue weighted by Crippen LogP contribution is 2.31. The van der Waals surface area contributed by atoms with Gasteiger partial charge >= 0.3 is 6.18 Å². The number of rotatable bonds is 6. The molecular weight excluding hydrogens is 459 g/mol. The number of alkyl halides is 3. The third-order valence-corrected chi connectivity index (χ3v) is 6.55. The van der Waals surface area contributed by atoms with E-state index < -0.39 is 17.6 Å². The third-order valence-electron chi connectivity index (χ3n) is 4.50. The van der Waals surface area contributed by atoms with Crippen molar-refractivity contribution in [1.29, 1.82) is 0 Å². The highest BCUT2D eigenvalue weighted by atomic mass is 32.2. The highest BCUT2D eigenvalue weighted by Gasteiger charge is 2.30. The van der Waals surface area contributed by atoms with Crippen LogP contribution in [0.3, 0.4) is 0 Å². The number of benzene rings is 2. The van der Waals surface area contributed by atoms with Crippen molar-refractivity contribution in [2.75, 3.05) is 5.32 Å². The maximum Gasteiger partial charge on any atom is 0.416 e. The summed E-state index contributed by atoms with van der Waals surface area (Å²) in [5.74, 6) is 0.267. The molecule has 2 heterocycles. The van der Waals surface area contributed by atoms with Crippen LogP contribution in [0, 0.1) is 6.92 Å². The molecular formula is C21H16F3N5OS2. The lowest BCUT2D eigenvalue weighted by Gasteiger charge is -2.10. The molecule has 4 rings (SSSR count). The number of amides is 1. The van der Waals surface area contributed by atoms with Crippen LogP contribution in [0.1, 0.15) is 27.2 Å². The Labute approximate surface area is 189 Å². The first kappa shape index (κ1) is 22.0. The van der Waals surface area contributed by atoms with Gasteiger partial charge in [0.15, 0.2) is 4.34 Å². The van der Waals surface area contributed by atoms with Crippen molar-refractivity contribution < 1.29 is 18.0 Å². The largest absolute Gasteiger partial charge is 0.416 e. The van der Waals surface area contributed by atoms with Gasteiger partial charge in [-0.05, 0) is 30.7 Å². The Morgan fingerprint density at radius 3 is 2.66 bits per heavy atom. The Kier molecular flexibility index (Phi) is 6.28. The molecule has 0 saturated heterocycles. The molecule has 0 spiro atoms. The van der Waals surface area contributed by atoms with Crippen LogP contribution < -0.4 is 5.32 Å².